The fourth-order valence-electron chi connectivity index (χ4n) is 2.61. The maximum atomic E-state index is 14.5. The molecule has 0 N–H and O–H groups in total. The quantitative estimate of drug-likeness (QED) is 0.644. The van der Waals surface area contributed by atoms with Crippen LogP contribution in [0.25, 0.3) is 11.1 Å². The molecular weight excluding hydrogens is 334 g/mol. The molecule has 132 valence electrons. The summed E-state index contributed by atoms with van der Waals surface area (Å²) in [6.07, 6.45) is 7.70. The maximum Gasteiger partial charge on any atom is 0.346 e. The topological polar surface area (TPSA) is 26.3 Å². The van der Waals surface area contributed by atoms with Crippen molar-refractivity contribution in [1.29, 1.82) is 0 Å². The molecule has 0 unspecified atom stereocenters. The molecule has 0 spiro atoms. The van der Waals surface area contributed by atoms with Crippen LogP contribution in [0.5, 0.6) is 0 Å². The maximum absolute atomic E-state index is 14.5. The van der Waals surface area contributed by atoms with Gasteiger partial charge in [-0.2, -0.15) is 0 Å². The van der Waals surface area contributed by atoms with E-state index in [0.29, 0.717) is 17.7 Å². The Hall–Kier alpha value is -3.01. The molecule has 26 heavy (non-hydrogen) atoms. The lowest BCUT2D eigenvalue weighted by atomic mass is 10.0. The van der Waals surface area contributed by atoms with E-state index < -0.39 is 23.2 Å². The Labute approximate surface area is 151 Å². The first-order valence-electron chi connectivity index (χ1n) is 8.28. The normalized spacial score (nSPS) is 13.7. The Balaban J connectivity index is 1.86. The van der Waals surface area contributed by atoms with Crippen molar-refractivity contribution in [3.63, 3.8) is 0 Å². The summed E-state index contributed by atoms with van der Waals surface area (Å²) >= 11 is 0. The number of hydrogen-bond acceptors (Lipinski definition) is 2. The molecule has 1 aliphatic carbocycles. The lowest BCUT2D eigenvalue weighted by molar-refractivity contribution is 0.0630. The van der Waals surface area contributed by atoms with Crippen LogP contribution >= 0.6 is 0 Å². The third kappa shape index (κ3) is 3.80. The second-order valence-corrected chi connectivity index (χ2v) is 6.17. The number of esters is 1. The van der Waals surface area contributed by atoms with Crippen molar-refractivity contribution < 1.29 is 18.3 Å². The molecule has 0 saturated carbocycles. The number of ether oxygens (including phenoxy) is 1. The van der Waals surface area contributed by atoms with Gasteiger partial charge >= 0.3 is 5.97 Å². The first-order chi connectivity index (χ1) is 12.5. The molecule has 2 nitrogen and oxygen atoms in total. The van der Waals surface area contributed by atoms with Gasteiger partial charge in [-0.25, -0.2) is 13.6 Å². The smallest absolute Gasteiger partial charge is 0.346 e. The Morgan fingerprint density at radius 2 is 1.65 bits per heavy atom. The molecule has 0 aromatic heterocycles. The minimum atomic E-state index is -1.21. The van der Waals surface area contributed by atoms with E-state index in [4.69, 9.17) is 4.74 Å². The molecule has 2 aromatic rings. The van der Waals surface area contributed by atoms with Crippen molar-refractivity contribution in [3.8, 4) is 11.1 Å². The summed E-state index contributed by atoms with van der Waals surface area (Å²) in [4.78, 5) is 12.3. The van der Waals surface area contributed by atoms with Crippen molar-refractivity contribution >= 4 is 5.97 Å². The first-order valence-corrected chi connectivity index (χ1v) is 8.28. The molecule has 4 heteroatoms. The molecule has 0 aliphatic heterocycles. The van der Waals surface area contributed by atoms with Crippen LogP contribution in [0.15, 0.2) is 72.0 Å². The van der Waals surface area contributed by atoms with Crippen LogP contribution in [0.4, 0.5) is 8.78 Å². The third-order valence-corrected chi connectivity index (χ3v) is 4.14. The number of carbonyl (C=O) groups excluding carboxylic acids is 1. The number of hydrogen-bond donors (Lipinski definition) is 0. The Kier molecular flexibility index (Phi) is 5.12. The highest BCUT2D eigenvalue weighted by Crippen LogP contribution is 2.27. The molecule has 2 aromatic carbocycles. The fraction of sp³-hybridized carbons (Fsp3) is 0.136. The van der Waals surface area contributed by atoms with E-state index in [1.807, 2.05) is 32.1 Å². The van der Waals surface area contributed by atoms with Crippen molar-refractivity contribution in [2.24, 2.45) is 0 Å². The van der Waals surface area contributed by atoms with Crippen LogP contribution in [0.2, 0.25) is 0 Å². The van der Waals surface area contributed by atoms with E-state index in [9.17, 15) is 13.6 Å². The Bertz CT molecular complexity index is 935. The summed E-state index contributed by atoms with van der Waals surface area (Å²) in [5.41, 5.74) is 2.27. The van der Waals surface area contributed by atoms with Crippen LogP contribution in [-0.4, -0.2) is 5.97 Å². The van der Waals surface area contributed by atoms with E-state index in [1.165, 1.54) is 12.1 Å². The minimum Gasteiger partial charge on any atom is -0.423 e. The summed E-state index contributed by atoms with van der Waals surface area (Å²) in [5, 5.41) is 0. The largest absolute Gasteiger partial charge is 0.423 e. The van der Waals surface area contributed by atoms with Crippen LogP contribution in [0.1, 0.15) is 29.3 Å². The van der Waals surface area contributed by atoms with Gasteiger partial charge in [0, 0.05) is 5.56 Å². The van der Waals surface area contributed by atoms with Crippen molar-refractivity contribution in [3.05, 3.63) is 94.8 Å². The fourth-order valence-corrected chi connectivity index (χ4v) is 2.61. The van der Waals surface area contributed by atoms with Gasteiger partial charge in [-0.15, -0.1) is 0 Å². The highest BCUT2D eigenvalue weighted by Gasteiger charge is 2.21. The monoisotopic (exact) mass is 352 g/mol. The number of aryl methyl sites for hydroxylation is 1. The summed E-state index contributed by atoms with van der Waals surface area (Å²) in [6.45, 7) is 3.83. The summed E-state index contributed by atoms with van der Waals surface area (Å²) < 4.78 is 34.1. The predicted molar refractivity (Wildman–Crippen MR) is 97.5 cm³/mol. The first kappa shape index (κ1) is 17.8. The second kappa shape index (κ2) is 7.48. The van der Waals surface area contributed by atoms with E-state index in [0.717, 1.165) is 11.1 Å². The van der Waals surface area contributed by atoms with Gasteiger partial charge in [-0.05, 0) is 44.1 Å². The number of benzene rings is 2. The average molecular weight is 352 g/mol. The van der Waals surface area contributed by atoms with Gasteiger partial charge in [0.2, 0.25) is 0 Å². The van der Waals surface area contributed by atoms with Crippen molar-refractivity contribution in [1.82, 2.24) is 0 Å². The van der Waals surface area contributed by atoms with Crippen LogP contribution in [-0.2, 0) is 4.74 Å². The molecule has 0 heterocycles. The van der Waals surface area contributed by atoms with Crippen molar-refractivity contribution in [2.75, 3.05) is 0 Å². The predicted octanol–water partition coefficient (Wildman–Crippen LogP) is 5.89. The summed E-state index contributed by atoms with van der Waals surface area (Å²) in [5.74, 6) is -2.88. The standard InChI is InChI=1S/C22H18F2O2/c1-14-4-3-5-17(11-8-14)26-22(25)19-13-12-18(20(23)21(19)24)16-9-6-15(2)7-10-16/h4-13H,3H2,1-2H3. The van der Waals surface area contributed by atoms with Gasteiger partial charge in [0.05, 0.1) is 5.56 Å². The number of allylic oxidation sites excluding steroid dienone is 5. The molecule has 0 atom stereocenters. The van der Waals surface area contributed by atoms with Gasteiger partial charge in [0.25, 0.3) is 0 Å². The molecular formula is C22H18F2O2. The average Bonchev–Trinajstić information content (AvgIpc) is 2.82. The number of rotatable bonds is 3. The molecule has 0 amide bonds. The van der Waals surface area contributed by atoms with Crippen molar-refractivity contribution in [2.45, 2.75) is 20.3 Å². The molecule has 0 fully saturated rings. The molecule has 1 aliphatic rings. The van der Waals surface area contributed by atoms with Crippen LogP contribution < -0.4 is 0 Å². The lowest BCUT2D eigenvalue weighted by Crippen LogP contribution is -2.09. The van der Waals surface area contributed by atoms with Gasteiger partial charge in [0.15, 0.2) is 11.6 Å². The van der Waals surface area contributed by atoms with Gasteiger partial charge in [-0.1, -0.05) is 53.6 Å². The SMILES string of the molecule is CC1=CCC=C(OC(=O)c2ccc(-c3ccc(C)cc3)c(F)c2F)C=C1. The minimum absolute atomic E-state index is 0.104. The second-order valence-electron chi connectivity index (χ2n) is 6.17. The Morgan fingerprint density at radius 3 is 2.38 bits per heavy atom. The van der Waals surface area contributed by atoms with E-state index >= 15 is 0 Å². The molecule has 3 rings (SSSR count). The Morgan fingerprint density at radius 1 is 0.923 bits per heavy atom. The zero-order chi connectivity index (χ0) is 18.7. The highest BCUT2D eigenvalue weighted by atomic mass is 19.2. The zero-order valence-electron chi connectivity index (χ0n) is 14.6. The van der Waals surface area contributed by atoms with Gasteiger partial charge in [0.1, 0.15) is 5.76 Å². The number of carbonyl (C=O) groups is 1. The lowest BCUT2D eigenvalue weighted by Gasteiger charge is -2.09. The summed E-state index contributed by atoms with van der Waals surface area (Å²) in [7, 11) is 0. The zero-order valence-corrected chi connectivity index (χ0v) is 14.6. The van der Waals surface area contributed by atoms with E-state index in [1.54, 1.807) is 30.4 Å². The van der Waals surface area contributed by atoms with E-state index in [2.05, 4.69) is 0 Å². The molecule has 0 bridgehead atoms. The third-order valence-electron chi connectivity index (χ3n) is 4.14. The molecule has 0 saturated heterocycles. The highest BCUT2D eigenvalue weighted by molar-refractivity contribution is 5.91. The van der Waals surface area contributed by atoms with E-state index in [-0.39, 0.29) is 5.56 Å². The van der Waals surface area contributed by atoms with Gasteiger partial charge < -0.3 is 4.74 Å². The number of halogens is 2. The van der Waals surface area contributed by atoms with Crippen LogP contribution in [0, 0.1) is 18.6 Å². The van der Waals surface area contributed by atoms with Crippen LogP contribution in [0.3, 0.4) is 0 Å². The molecule has 0 radical (unpaired) electrons. The van der Waals surface area contributed by atoms with Gasteiger partial charge in [-0.3, -0.25) is 0 Å². The summed E-state index contributed by atoms with van der Waals surface area (Å²) in [6, 6.07) is 9.69.